The summed E-state index contributed by atoms with van der Waals surface area (Å²) in [6, 6.07) is 7.40. The van der Waals surface area contributed by atoms with E-state index in [0.29, 0.717) is 18.9 Å². The number of nitrogens with one attached hydrogen (secondary N) is 3. The van der Waals surface area contributed by atoms with Crippen LogP contribution in [0.5, 0.6) is 0 Å². The number of rotatable bonds is 7. The maximum absolute atomic E-state index is 11.8. The third-order valence-electron chi connectivity index (χ3n) is 3.74. The highest BCUT2D eigenvalue weighted by Crippen LogP contribution is 2.15. The van der Waals surface area contributed by atoms with Crippen molar-refractivity contribution in [2.24, 2.45) is 5.92 Å². The molecule has 120 valence electrons. The standard InChI is InChI=1S/C16H22BrN3O2/c17-13-2-4-14(5-3-13)20-16(22)8-10-19-15(21)6-1-12-7-9-18-11-12/h2-5,12,18H,1,6-11H2,(H,19,21)(H,20,22). The van der Waals surface area contributed by atoms with Gasteiger partial charge in [0.05, 0.1) is 0 Å². The molecule has 1 unspecified atom stereocenters. The van der Waals surface area contributed by atoms with Gasteiger partial charge in [0, 0.05) is 29.5 Å². The van der Waals surface area contributed by atoms with Gasteiger partial charge in [0.1, 0.15) is 0 Å². The van der Waals surface area contributed by atoms with Crippen LogP contribution in [0.4, 0.5) is 5.69 Å². The van der Waals surface area contributed by atoms with Crippen LogP contribution in [0.2, 0.25) is 0 Å². The van der Waals surface area contributed by atoms with Crippen molar-refractivity contribution in [3.05, 3.63) is 28.7 Å². The van der Waals surface area contributed by atoms with Crippen LogP contribution in [0.25, 0.3) is 0 Å². The fourth-order valence-electron chi connectivity index (χ4n) is 2.46. The second-order valence-electron chi connectivity index (χ2n) is 5.55. The Labute approximate surface area is 139 Å². The van der Waals surface area contributed by atoms with Crippen LogP contribution in [0, 0.1) is 5.92 Å². The van der Waals surface area contributed by atoms with Gasteiger partial charge < -0.3 is 16.0 Å². The highest BCUT2D eigenvalue weighted by Gasteiger charge is 2.15. The molecule has 1 fully saturated rings. The topological polar surface area (TPSA) is 70.2 Å². The van der Waals surface area contributed by atoms with E-state index in [4.69, 9.17) is 0 Å². The Hall–Kier alpha value is -1.40. The van der Waals surface area contributed by atoms with Gasteiger partial charge in [-0.1, -0.05) is 15.9 Å². The van der Waals surface area contributed by atoms with Gasteiger partial charge in [-0.2, -0.15) is 0 Å². The molecule has 1 aliphatic rings. The lowest BCUT2D eigenvalue weighted by atomic mass is 10.0. The zero-order valence-corrected chi connectivity index (χ0v) is 14.1. The van der Waals surface area contributed by atoms with Crippen molar-refractivity contribution in [2.45, 2.75) is 25.7 Å². The molecule has 0 radical (unpaired) electrons. The van der Waals surface area contributed by atoms with Gasteiger partial charge >= 0.3 is 0 Å². The minimum absolute atomic E-state index is 0.0309. The van der Waals surface area contributed by atoms with E-state index in [2.05, 4.69) is 31.9 Å². The van der Waals surface area contributed by atoms with Crippen molar-refractivity contribution in [2.75, 3.05) is 25.0 Å². The Morgan fingerprint density at radius 2 is 1.95 bits per heavy atom. The zero-order valence-electron chi connectivity index (χ0n) is 12.5. The van der Waals surface area contributed by atoms with E-state index in [9.17, 15) is 9.59 Å². The molecule has 5 nitrogen and oxygen atoms in total. The number of halogens is 1. The highest BCUT2D eigenvalue weighted by molar-refractivity contribution is 9.10. The normalized spacial score (nSPS) is 17.2. The van der Waals surface area contributed by atoms with Crippen molar-refractivity contribution in [3.8, 4) is 0 Å². The van der Waals surface area contributed by atoms with E-state index in [1.165, 1.54) is 0 Å². The van der Waals surface area contributed by atoms with E-state index >= 15 is 0 Å². The molecular formula is C16H22BrN3O2. The highest BCUT2D eigenvalue weighted by atomic mass is 79.9. The molecule has 22 heavy (non-hydrogen) atoms. The zero-order chi connectivity index (χ0) is 15.8. The van der Waals surface area contributed by atoms with Gasteiger partial charge in [-0.3, -0.25) is 9.59 Å². The van der Waals surface area contributed by atoms with Crippen molar-refractivity contribution in [3.63, 3.8) is 0 Å². The molecule has 0 saturated carbocycles. The molecule has 1 saturated heterocycles. The second kappa shape index (κ2) is 8.90. The van der Waals surface area contributed by atoms with Gasteiger partial charge in [-0.25, -0.2) is 0 Å². The molecule has 3 N–H and O–H groups in total. The monoisotopic (exact) mass is 367 g/mol. The molecular weight excluding hydrogens is 346 g/mol. The largest absolute Gasteiger partial charge is 0.356 e. The summed E-state index contributed by atoms with van der Waals surface area (Å²) in [5.74, 6) is 0.553. The molecule has 1 heterocycles. The molecule has 6 heteroatoms. The average Bonchev–Trinajstić information content (AvgIpc) is 3.01. The lowest BCUT2D eigenvalue weighted by Crippen LogP contribution is -2.28. The summed E-state index contributed by atoms with van der Waals surface area (Å²) in [6.45, 7) is 2.45. The lowest BCUT2D eigenvalue weighted by Gasteiger charge is -2.09. The van der Waals surface area contributed by atoms with Crippen molar-refractivity contribution in [1.82, 2.24) is 10.6 Å². The van der Waals surface area contributed by atoms with Crippen molar-refractivity contribution < 1.29 is 9.59 Å². The summed E-state index contributed by atoms with van der Waals surface area (Å²) in [7, 11) is 0. The summed E-state index contributed by atoms with van der Waals surface area (Å²) in [5.41, 5.74) is 0.758. The summed E-state index contributed by atoms with van der Waals surface area (Å²) in [6.07, 6.45) is 2.90. The fraction of sp³-hybridized carbons (Fsp3) is 0.500. The molecule has 0 bridgehead atoms. The van der Waals surface area contributed by atoms with Gasteiger partial charge in [-0.15, -0.1) is 0 Å². The maximum Gasteiger partial charge on any atom is 0.226 e. The van der Waals surface area contributed by atoms with E-state index in [1.807, 2.05) is 24.3 Å². The van der Waals surface area contributed by atoms with Gasteiger partial charge in [0.2, 0.25) is 11.8 Å². The first kappa shape index (κ1) is 17.0. The van der Waals surface area contributed by atoms with Crippen molar-refractivity contribution in [1.29, 1.82) is 0 Å². The molecule has 2 amide bonds. The number of carbonyl (C=O) groups excluding carboxylic acids is 2. The number of hydrogen-bond acceptors (Lipinski definition) is 3. The van der Waals surface area contributed by atoms with Gasteiger partial charge in [0.15, 0.2) is 0 Å². The molecule has 1 atom stereocenters. The van der Waals surface area contributed by atoms with Crippen LogP contribution < -0.4 is 16.0 Å². The third kappa shape index (κ3) is 6.15. The van der Waals surface area contributed by atoms with Crippen LogP contribution in [0.3, 0.4) is 0 Å². The number of benzene rings is 1. The molecule has 1 aromatic rings. The number of hydrogen-bond donors (Lipinski definition) is 3. The summed E-state index contributed by atoms with van der Waals surface area (Å²) in [4.78, 5) is 23.5. The Morgan fingerprint density at radius 3 is 2.64 bits per heavy atom. The Balaban J connectivity index is 1.57. The quantitative estimate of drug-likeness (QED) is 0.692. The van der Waals surface area contributed by atoms with E-state index in [-0.39, 0.29) is 18.2 Å². The van der Waals surface area contributed by atoms with Gasteiger partial charge in [-0.05, 0) is 56.1 Å². The molecule has 2 rings (SSSR count). The Kier molecular flexibility index (Phi) is 6.86. The molecule has 0 aromatic heterocycles. The summed E-state index contributed by atoms with van der Waals surface area (Å²) in [5, 5.41) is 8.90. The molecule has 0 aliphatic carbocycles. The minimum atomic E-state index is -0.0948. The maximum atomic E-state index is 11.8. The van der Waals surface area contributed by atoms with E-state index < -0.39 is 0 Å². The molecule has 1 aromatic carbocycles. The first-order chi connectivity index (χ1) is 10.6. The number of amides is 2. The van der Waals surface area contributed by atoms with Crippen LogP contribution >= 0.6 is 15.9 Å². The summed E-state index contributed by atoms with van der Waals surface area (Å²) >= 11 is 3.34. The summed E-state index contributed by atoms with van der Waals surface area (Å²) < 4.78 is 0.968. The van der Waals surface area contributed by atoms with Gasteiger partial charge in [0.25, 0.3) is 0 Å². The number of carbonyl (C=O) groups is 2. The van der Waals surface area contributed by atoms with Crippen LogP contribution in [-0.4, -0.2) is 31.4 Å². The Morgan fingerprint density at radius 1 is 1.18 bits per heavy atom. The smallest absolute Gasteiger partial charge is 0.226 e. The predicted molar refractivity (Wildman–Crippen MR) is 90.6 cm³/mol. The predicted octanol–water partition coefficient (Wildman–Crippen LogP) is 2.28. The first-order valence-electron chi connectivity index (χ1n) is 7.66. The van der Waals surface area contributed by atoms with Crippen LogP contribution in [0.15, 0.2) is 28.7 Å². The average molecular weight is 368 g/mol. The molecule has 1 aliphatic heterocycles. The van der Waals surface area contributed by atoms with Crippen LogP contribution in [0.1, 0.15) is 25.7 Å². The van der Waals surface area contributed by atoms with E-state index in [0.717, 1.165) is 36.1 Å². The lowest BCUT2D eigenvalue weighted by molar-refractivity contribution is -0.121. The third-order valence-corrected chi connectivity index (χ3v) is 4.27. The minimum Gasteiger partial charge on any atom is -0.356 e. The fourth-order valence-corrected chi connectivity index (χ4v) is 2.72. The second-order valence-corrected chi connectivity index (χ2v) is 6.47. The first-order valence-corrected chi connectivity index (χ1v) is 8.45. The van der Waals surface area contributed by atoms with E-state index in [1.54, 1.807) is 0 Å². The van der Waals surface area contributed by atoms with Crippen LogP contribution in [-0.2, 0) is 9.59 Å². The van der Waals surface area contributed by atoms with Crippen molar-refractivity contribution >= 4 is 33.4 Å². The number of anilines is 1. The Bertz CT molecular complexity index is 499. The molecule has 0 spiro atoms. The SMILES string of the molecule is O=C(CCC1CCNC1)NCCC(=O)Nc1ccc(Br)cc1.